The number of methoxy groups -OCH3 is 3. The summed E-state index contributed by atoms with van der Waals surface area (Å²) in [5.74, 6) is 6.00. The van der Waals surface area contributed by atoms with Gasteiger partial charge in [0.1, 0.15) is 17.2 Å². The first-order chi connectivity index (χ1) is 22.2. The van der Waals surface area contributed by atoms with E-state index in [2.05, 4.69) is 22.1 Å². The van der Waals surface area contributed by atoms with Crippen LogP contribution < -0.4 is 30.0 Å². The monoisotopic (exact) mass is 662 g/mol. The number of aryl methyl sites for hydroxylation is 1. The van der Waals surface area contributed by atoms with E-state index in [0.29, 0.717) is 70.4 Å². The minimum absolute atomic E-state index is 0.148. The van der Waals surface area contributed by atoms with Gasteiger partial charge in [0.2, 0.25) is 0 Å². The third-order valence-corrected chi connectivity index (χ3v) is 9.18. The molecule has 2 aliphatic heterocycles. The number of benzene rings is 2. The Bertz CT molecular complexity index is 1970. The molecule has 1 amide bonds. The summed E-state index contributed by atoms with van der Waals surface area (Å²) in [5, 5.41) is 4.03. The zero-order valence-electron chi connectivity index (χ0n) is 26.0. The molecule has 0 aliphatic carbocycles. The van der Waals surface area contributed by atoms with Gasteiger partial charge in [-0.25, -0.2) is 0 Å². The smallest absolute Gasteiger partial charge is 0.300 e. The second kappa shape index (κ2) is 12.8. The molecule has 6 rings (SSSR count). The number of hydrogen-bond donors (Lipinski definition) is 1. The number of aromatic nitrogens is 2. The van der Waals surface area contributed by atoms with E-state index in [4.69, 9.17) is 47.1 Å². The average molecular weight is 664 g/mol. The van der Waals surface area contributed by atoms with E-state index >= 15 is 0 Å². The first-order valence-electron chi connectivity index (χ1n) is 14.7. The quantitative estimate of drug-likeness (QED) is 0.228. The number of nitrogens with one attached hydrogen (secondary N) is 1. The molecule has 2 aliphatic rings. The van der Waals surface area contributed by atoms with Gasteiger partial charge in [0.25, 0.3) is 11.5 Å². The number of carbonyl (C=O) groups excluding carboxylic acids is 1. The van der Waals surface area contributed by atoms with E-state index in [1.54, 1.807) is 36.9 Å². The van der Waals surface area contributed by atoms with Crippen molar-refractivity contribution in [3.05, 3.63) is 56.9 Å². The maximum absolute atomic E-state index is 14.0. The fourth-order valence-electron chi connectivity index (χ4n) is 6.27. The molecule has 46 heavy (non-hydrogen) atoms. The van der Waals surface area contributed by atoms with Gasteiger partial charge in [0.15, 0.2) is 0 Å². The molecule has 10 nitrogen and oxygen atoms in total. The van der Waals surface area contributed by atoms with Gasteiger partial charge in [-0.1, -0.05) is 29.1 Å². The van der Waals surface area contributed by atoms with Crippen LogP contribution >= 0.6 is 23.2 Å². The standard InChI is InChI=1S/C34H32Cl2N4O6/c1-6-8-30(41)38-24-11-21(27(43-3)13-26(24)40-16-20-10-19(40)17-46-20)23-12-25-18(15-37-23)9-22(34(42)39(25)7-2)31-32(35)28(44-4)14-29(45-5)33(31)36/h9,11-15,19-20H,7,10,16-17H2,1-5H3,(H,38,41)/t19-,20-/m1/s1. The van der Waals surface area contributed by atoms with Crippen LogP contribution in [0.3, 0.4) is 0 Å². The second-order valence-electron chi connectivity index (χ2n) is 10.9. The summed E-state index contributed by atoms with van der Waals surface area (Å²) in [6.45, 7) is 5.18. The van der Waals surface area contributed by atoms with E-state index in [0.717, 1.165) is 12.1 Å². The average Bonchev–Trinajstić information content (AvgIpc) is 3.69. The van der Waals surface area contributed by atoms with Crippen LogP contribution in [0.25, 0.3) is 33.3 Å². The normalized spacial score (nSPS) is 16.7. The number of ether oxygens (including phenoxy) is 4. The van der Waals surface area contributed by atoms with Gasteiger partial charge in [0.05, 0.1) is 78.3 Å². The van der Waals surface area contributed by atoms with Crippen molar-refractivity contribution in [3.63, 3.8) is 0 Å². The van der Waals surface area contributed by atoms with Crippen LogP contribution in [0.2, 0.25) is 10.0 Å². The molecule has 2 atom stereocenters. The van der Waals surface area contributed by atoms with Gasteiger partial charge in [-0.3, -0.25) is 14.6 Å². The van der Waals surface area contributed by atoms with Crippen LogP contribution in [0.4, 0.5) is 11.4 Å². The number of anilines is 2. The highest BCUT2D eigenvalue weighted by Gasteiger charge is 2.40. The molecule has 2 aromatic carbocycles. The van der Waals surface area contributed by atoms with Gasteiger partial charge in [-0.05, 0) is 44.4 Å². The highest BCUT2D eigenvalue weighted by molar-refractivity contribution is 6.41. The Hall–Kier alpha value is -4.43. The Morgan fingerprint density at radius 1 is 1.04 bits per heavy atom. The van der Waals surface area contributed by atoms with Crippen LogP contribution in [0, 0.1) is 11.8 Å². The van der Waals surface area contributed by atoms with Crippen molar-refractivity contribution in [2.45, 2.75) is 39.0 Å². The van der Waals surface area contributed by atoms with E-state index in [-0.39, 0.29) is 33.3 Å². The summed E-state index contributed by atoms with van der Waals surface area (Å²) in [6, 6.07) is 9.08. The number of fused-ring (bicyclic) bond motifs is 3. The molecule has 0 radical (unpaired) electrons. The second-order valence-corrected chi connectivity index (χ2v) is 11.7. The lowest BCUT2D eigenvalue weighted by Crippen LogP contribution is -2.37. The fraction of sp³-hybridized carbons (Fsp3) is 0.324. The molecular weight excluding hydrogens is 631 g/mol. The fourth-order valence-corrected chi connectivity index (χ4v) is 6.98. The molecule has 238 valence electrons. The first kappa shape index (κ1) is 31.5. The third kappa shape index (κ3) is 5.38. The summed E-state index contributed by atoms with van der Waals surface area (Å²) < 4.78 is 24.2. The van der Waals surface area contributed by atoms with Gasteiger partial charge < -0.3 is 33.7 Å². The molecule has 2 aromatic heterocycles. The van der Waals surface area contributed by atoms with E-state index in [1.807, 2.05) is 25.1 Å². The summed E-state index contributed by atoms with van der Waals surface area (Å²) in [7, 11) is 4.55. The van der Waals surface area contributed by atoms with Crippen molar-refractivity contribution in [3.8, 4) is 51.5 Å². The Labute approximate surface area is 276 Å². The maximum Gasteiger partial charge on any atom is 0.300 e. The number of amides is 1. The maximum atomic E-state index is 14.0. The summed E-state index contributed by atoms with van der Waals surface area (Å²) in [5.41, 5.74) is 3.52. The summed E-state index contributed by atoms with van der Waals surface area (Å²) in [4.78, 5) is 33.7. The molecule has 4 aromatic rings. The largest absolute Gasteiger partial charge is 0.496 e. The van der Waals surface area contributed by atoms with Crippen LogP contribution in [-0.2, 0) is 16.1 Å². The minimum atomic E-state index is -0.425. The number of carbonyl (C=O) groups is 1. The number of pyridine rings is 2. The number of halogens is 2. The van der Waals surface area contributed by atoms with Crippen molar-refractivity contribution in [2.75, 3.05) is 44.7 Å². The molecule has 1 N–H and O–H groups in total. The molecule has 2 bridgehead atoms. The number of rotatable bonds is 8. The van der Waals surface area contributed by atoms with Crippen molar-refractivity contribution in [1.29, 1.82) is 0 Å². The molecule has 0 saturated carbocycles. The van der Waals surface area contributed by atoms with Gasteiger partial charge in [-0.2, -0.15) is 0 Å². The minimum Gasteiger partial charge on any atom is -0.496 e. The molecule has 0 unspecified atom stereocenters. The third-order valence-electron chi connectivity index (χ3n) is 8.43. The topological polar surface area (TPSA) is 104 Å². The first-order valence-corrected chi connectivity index (χ1v) is 15.5. The molecule has 2 fully saturated rings. The highest BCUT2D eigenvalue weighted by Crippen LogP contribution is 2.46. The lowest BCUT2D eigenvalue weighted by molar-refractivity contribution is -0.111. The number of morpholine rings is 1. The number of hydrogen-bond acceptors (Lipinski definition) is 8. The molecule has 0 spiro atoms. The number of nitrogens with zero attached hydrogens (tertiary/aromatic N) is 3. The Morgan fingerprint density at radius 2 is 1.76 bits per heavy atom. The SMILES string of the molecule is CC#CC(=O)Nc1cc(-c2cc3c(cn2)cc(-c2c(Cl)c(OC)cc(OC)c2Cl)c(=O)n3CC)c(OC)cc1N1C[C@H]2C[C@@H]1CO2. The molecule has 4 heterocycles. The van der Waals surface area contributed by atoms with Crippen molar-refractivity contribution >= 4 is 51.4 Å². The summed E-state index contributed by atoms with van der Waals surface area (Å²) in [6.07, 6.45) is 2.76. The Balaban J connectivity index is 1.52. The molecule has 12 heteroatoms. The lowest BCUT2D eigenvalue weighted by Gasteiger charge is -2.31. The predicted molar refractivity (Wildman–Crippen MR) is 180 cm³/mol. The van der Waals surface area contributed by atoms with E-state index in [9.17, 15) is 9.59 Å². The van der Waals surface area contributed by atoms with Gasteiger partial charge in [0, 0.05) is 47.9 Å². The highest BCUT2D eigenvalue weighted by atomic mass is 35.5. The van der Waals surface area contributed by atoms with Crippen molar-refractivity contribution < 1.29 is 23.7 Å². The van der Waals surface area contributed by atoms with E-state index < -0.39 is 5.91 Å². The van der Waals surface area contributed by atoms with Crippen LogP contribution in [0.15, 0.2) is 41.3 Å². The van der Waals surface area contributed by atoms with E-state index in [1.165, 1.54) is 14.2 Å². The Morgan fingerprint density at radius 3 is 2.35 bits per heavy atom. The molecular formula is C34H32Cl2N4O6. The van der Waals surface area contributed by atoms with Crippen LogP contribution in [-0.4, -0.2) is 62.1 Å². The molecule has 2 saturated heterocycles. The lowest BCUT2D eigenvalue weighted by atomic mass is 10.0. The summed E-state index contributed by atoms with van der Waals surface area (Å²) >= 11 is 13.4. The van der Waals surface area contributed by atoms with Crippen molar-refractivity contribution in [1.82, 2.24) is 9.55 Å². The van der Waals surface area contributed by atoms with Crippen molar-refractivity contribution in [2.24, 2.45) is 0 Å². The zero-order valence-corrected chi connectivity index (χ0v) is 27.5. The van der Waals surface area contributed by atoms with Gasteiger partial charge in [-0.15, -0.1) is 0 Å². The zero-order chi connectivity index (χ0) is 32.7. The Kier molecular flexibility index (Phi) is 8.75. The van der Waals surface area contributed by atoms with Crippen LogP contribution in [0.5, 0.6) is 17.2 Å². The van der Waals surface area contributed by atoms with Gasteiger partial charge >= 0.3 is 0 Å². The predicted octanol–water partition coefficient (Wildman–Crippen LogP) is 6.02. The van der Waals surface area contributed by atoms with Crippen LogP contribution in [0.1, 0.15) is 20.3 Å².